The number of nitrogens with one attached hydrogen (secondary N) is 1. The molecule has 2 unspecified atom stereocenters. The van der Waals surface area contributed by atoms with Crippen LogP contribution in [0.4, 0.5) is 23.2 Å². The summed E-state index contributed by atoms with van der Waals surface area (Å²) in [6, 6.07) is 2.37. The molecule has 1 fully saturated rings. The van der Waals surface area contributed by atoms with E-state index in [1.807, 2.05) is 0 Å². The minimum absolute atomic E-state index is 0.0632. The Morgan fingerprint density at radius 3 is 2.55 bits per heavy atom. The first kappa shape index (κ1) is 15.1. The molecule has 1 aliphatic carbocycles. The van der Waals surface area contributed by atoms with Gasteiger partial charge in [0.1, 0.15) is 5.82 Å². The molecule has 112 valence electrons. The summed E-state index contributed by atoms with van der Waals surface area (Å²) in [4.78, 5) is 0. The Kier molecular flexibility index (Phi) is 4.52. The van der Waals surface area contributed by atoms with Crippen LogP contribution in [-0.4, -0.2) is 12.6 Å². The first-order valence-electron chi connectivity index (χ1n) is 6.75. The van der Waals surface area contributed by atoms with Crippen molar-refractivity contribution < 1.29 is 17.6 Å². The quantitative estimate of drug-likeness (QED) is 0.832. The van der Waals surface area contributed by atoms with Gasteiger partial charge in [-0.2, -0.15) is 13.2 Å². The van der Waals surface area contributed by atoms with Crippen LogP contribution in [-0.2, 0) is 6.18 Å². The monoisotopic (exact) mass is 290 g/mol. The van der Waals surface area contributed by atoms with Crippen LogP contribution in [0.5, 0.6) is 0 Å². The largest absolute Gasteiger partial charge is 0.416 e. The smallest absolute Gasteiger partial charge is 0.380 e. The highest BCUT2D eigenvalue weighted by molar-refractivity contribution is 5.49. The maximum atomic E-state index is 13.7. The maximum absolute atomic E-state index is 13.7. The van der Waals surface area contributed by atoms with Crippen molar-refractivity contribution in [2.75, 3.05) is 11.9 Å². The summed E-state index contributed by atoms with van der Waals surface area (Å²) in [5.74, 6) is -0.489. The van der Waals surface area contributed by atoms with E-state index >= 15 is 0 Å². The van der Waals surface area contributed by atoms with E-state index in [0.717, 1.165) is 43.9 Å². The van der Waals surface area contributed by atoms with Crippen molar-refractivity contribution in [1.82, 2.24) is 0 Å². The number of alkyl halides is 3. The van der Waals surface area contributed by atoms with Crippen LogP contribution in [0.3, 0.4) is 0 Å². The normalized spacial score (nSPS) is 23.6. The van der Waals surface area contributed by atoms with Gasteiger partial charge >= 0.3 is 6.18 Å². The van der Waals surface area contributed by atoms with E-state index in [0.29, 0.717) is 6.54 Å². The fourth-order valence-electron chi connectivity index (χ4n) is 2.69. The van der Waals surface area contributed by atoms with Crippen molar-refractivity contribution in [3.05, 3.63) is 29.6 Å². The van der Waals surface area contributed by atoms with E-state index in [2.05, 4.69) is 5.32 Å². The van der Waals surface area contributed by atoms with Crippen LogP contribution in [0.1, 0.15) is 31.2 Å². The topological polar surface area (TPSA) is 38.0 Å². The zero-order chi connectivity index (χ0) is 14.8. The van der Waals surface area contributed by atoms with E-state index in [1.165, 1.54) is 0 Å². The zero-order valence-corrected chi connectivity index (χ0v) is 11.0. The van der Waals surface area contributed by atoms with Crippen molar-refractivity contribution in [1.29, 1.82) is 0 Å². The van der Waals surface area contributed by atoms with Crippen LogP contribution in [0.25, 0.3) is 0 Å². The van der Waals surface area contributed by atoms with Crippen molar-refractivity contribution in [2.24, 2.45) is 11.7 Å². The fourth-order valence-corrected chi connectivity index (χ4v) is 2.69. The summed E-state index contributed by atoms with van der Waals surface area (Å²) in [7, 11) is 0. The van der Waals surface area contributed by atoms with Gasteiger partial charge in [0.15, 0.2) is 0 Å². The van der Waals surface area contributed by atoms with Gasteiger partial charge in [0, 0.05) is 6.04 Å². The van der Waals surface area contributed by atoms with Gasteiger partial charge in [0.05, 0.1) is 11.3 Å². The predicted molar refractivity (Wildman–Crippen MR) is 69.8 cm³/mol. The molecule has 1 saturated carbocycles. The lowest BCUT2D eigenvalue weighted by atomic mass is 9.84. The van der Waals surface area contributed by atoms with Gasteiger partial charge in [-0.3, -0.25) is 0 Å². The standard InChI is InChI=1S/C14H18F4N2/c15-11-6-5-10(14(16,17)18)7-13(11)20-12-4-2-1-3-9(12)8-19/h5-7,9,12,20H,1-4,8,19H2. The molecular weight excluding hydrogens is 272 g/mol. The average molecular weight is 290 g/mol. The van der Waals surface area contributed by atoms with Crippen molar-refractivity contribution >= 4 is 5.69 Å². The molecule has 0 bridgehead atoms. The lowest BCUT2D eigenvalue weighted by Gasteiger charge is -2.32. The van der Waals surface area contributed by atoms with E-state index in [9.17, 15) is 17.6 Å². The fraction of sp³-hybridized carbons (Fsp3) is 0.571. The minimum Gasteiger partial charge on any atom is -0.380 e. The van der Waals surface area contributed by atoms with E-state index in [1.54, 1.807) is 0 Å². The van der Waals surface area contributed by atoms with Crippen LogP contribution in [0.15, 0.2) is 18.2 Å². The maximum Gasteiger partial charge on any atom is 0.416 e. The highest BCUT2D eigenvalue weighted by Gasteiger charge is 2.32. The molecule has 0 aliphatic heterocycles. The number of anilines is 1. The van der Waals surface area contributed by atoms with Crippen LogP contribution in [0, 0.1) is 11.7 Å². The van der Waals surface area contributed by atoms with E-state index < -0.39 is 17.6 Å². The second kappa shape index (κ2) is 5.99. The molecule has 2 rings (SSSR count). The molecule has 3 N–H and O–H groups in total. The molecule has 2 nitrogen and oxygen atoms in total. The van der Waals surface area contributed by atoms with Gasteiger partial charge in [-0.1, -0.05) is 12.8 Å². The second-order valence-electron chi connectivity index (χ2n) is 5.22. The van der Waals surface area contributed by atoms with Crippen molar-refractivity contribution in [3.8, 4) is 0 Å². The van der Waals surface area contributed by atoms with E-state index in [4.69, 9.17) is 5.73 Å². The lowest BCUT2D eigenvalue weighted by molar-refractivity contribution is -0.137. The second-order valence-corrected chi connectivity index (χ2v) is 5.22. The molecule has 1 aromatic carbocycles. The Morgan fingerprint density at radius 2 is 1.90 bits per heavy atom. The molecule has 1 aromatic rings. The molecule has 6 heteroatoms. The van der Waals surface area contributed by atoms with Crippen LogP contribution in [0.2, 0.25) is 0 Å². The highest BCUT2D eigenvalue weighted by atomic mass is 19.4. The summed E-state index contributed by atoms with van der Waals surface area (Å²) in [6.07, 6.45) is -0.698. The average Bonchev–Trinajstić information content (AvgIpc) is 2.40. The molecule has 1 aliphatic rings. The summed E-state index contributed by atoms with van der Waals surface area (Å²) in [5.41, 5.74) is 4.73. The number of nitrogens with two attached hydrogens (primary N) is 1. The summed E-state index contributed by atoms with van der Waals surface area (Å²) in [6.45, 7) is 0.457. The first-order chi connectivity index (χ1) is 9.41. The first-order valence-corrected chi connectivity index (χ1v) is 6.75. The van der Waals surface area contributed by atoms with Crippen molar-refractivity contribution in [3.63, 3.8) is 0 Å². The Bertz CT molecular complexity index is 459. The molecule has 0 saturated heterocycles. The van der Waals surface area contributed by atoms with Gasteiger partial charge < -0.3 is 11.1 Å². The molecule has 2 atom stereocenters. The third-order valence-electron chi connectivity index (χ3n) is 3.85. The SMILES string of the molecule is NCC1CCCCC1Nc1cc(C(F)(F)F)ccc1F. The molecule has 20 heavy (non-hydrogen) atoms. The molecule has 0 amide bonds. The van der Waals surface area contributed by atoms with E-state index in [-0.39, 0.29) is 17.6 Å². The summed E-state index contributed by atoms with van der Waals surface area (Å²) in [5, 5.41) is 2.91. The molecule has 0 aromatic heterocycles. The van der Waals surface area contributed by atoms with Gasteiger partial charge in [-0.05, 0) is 43.5 Å². The van der Waals surface area contributed by atoms with Gasteiger partial charge in [-0.15, -0.1) is 0 Å². The number of benzene rings is 1. The minimum atomic E-state index is -4.47. The number of halogens is 4. The van der Waals surface area contributed by atoms with Gasteiger partial charge in [0.25, 0.3) is 0 Å². The summed E-state index contributed by atoms with van der Waals surface area (Å²) < 4.78 is 51.6. The molecule has 0 spiro atoms. The molecule has 0 heterocycles. The molecular formula is C14H18F4N2. The third-order valence-corrected chi connectivity index (χ3v) is 3.85. The third kappa shape index (κ3) is 3.42. The number of rotatable bonds is 3. The van der Waals surface area contributed by atoms with Gasteiger partial charge in [-0.25, -0.2) is 4.39 Å². The Labute approximate surface area is 115 Å². The van der Waals surface area contributed by atoms with Crippen LogP contribution < -0.4 is 11.1 Å². The molecule has 0 radical (unpaired) electrons. The Morgan fingerprint density at radius 1 is 1.20 bits per heavy atom. The Balaban J connectivity index is 2.19. The van der Waals surface area contributed by atoms with Crippen molar-refractivity contribution in [2.45, 2.75) is 37.9 Å². The number of hydrogen-bond donors (Lipinski definition) is 2. The van der Waals surface area contributed by atoms with Crippen LogP contribution >= 0.6 is 0 Å². The summed E-state index contributed by atoms with van der Waals surface area (Å²) >= 11 is 0. The predicted octanol–water partition coefficient (Wildman–Crippen LogP) is 3.77. The number of hydrogen-bond acceptors (Lipinski definition) is 2. The highest BCUT2D eigenvalue weighted by Crippen LogP contribution is 2.33. The lowest BCUT2D eigenvalue weighted by Crippen LogP contribution is -2.37. The zero-order valence-electron chi connectivity index (χ0n) is 11.0. The Hall–Kier alpha value is -1.30. The van der Waals surface area contributed by atoms with Gasteiger partial charge in [0.2, 0.25) is 0 Å².